The molecule has 7 heteroatoms. The van der Waals surface area contributed by atoms with Crippen molar-refractivity contribution in [2.45, 2.75) is 40.0 Å². The minimum absolute atomic E-state index is 0.184. The van der Waals surface area contributed by atoms with E-state index in [0.717, 1.165) is 35.6 Å². The summed E-state index contributed by atoms with van der Waals surface area (Å²) in [7, 11) is -3.11. The van der Waals surface area contributed by atoms with Crippen molar-refractivity contribution >= 4 is 15.7 Å². The molecule has 1 N–H and O–H groups in total. The summed E-state index contributed by atoms with van der Waals surface area (Å²) in [4.78, 5) is 4.44. The molecule has 2 aromatic heterocycles. The molecule has 0 aromatic carbocycles. The maximum atomic E-state index is 11.5. The first-order chi connectivity index (χ1) is 9.91. The van der Waals surface area contributed by atoms with E-state index in [1.807, 2.05) is 37.4 Å². The molecule has 2 heterocycles. The first kappa shape index (κ1) is 15.9. The quantitative estimate of drug-likeness (QED) is 0.788. The monoisotopic (exact) mass is 310 g/mol. The lowest BCUT2D eigenvalue weighted by molar-refractivity contribution is 0.577. The van der Waals surface area contributed by atoms with Gasteiger partial charge in [0.25, 0.3) is 0 Å². The van der Waals surface area contributed by atoms with Crippen molar-refractivity contribution in [3.63, 3.8) is 0 Å². The second-order valence-corrected chi connectivity index (χ2v) is 7.19. The standard InChI is InChI=1S/C14H22N4O2S/c1-4-8-21(19,20)15-7-5-6-13-10-14-16-11(2)9-12(3)18(14)17-13/h9-10,15H,4-8H2,1-3H3. The van der Waals surface area contributed by atoms with Gasteiger partial charge in [0.15, 0.2) is 5.65 Å². The van der Waals surface area contributed by atoms with Crippen molar-refractivity contribution in [2.75, 3.05) is 12.3 Å². The molecule has 0 bridgehead atoms. The highest BCUT2D eigenvalue weighted by molar-refractivity contribution is 7.89. The maximum Gasteiger partial charge on any atom is 0.211 e. The molecule has 0 saturated carbocycles. The smallest absolute Gasteiger partial charge is 0.211 e. The van der Waals surface area contributed by atoms with Gasteiger partial charge in [0.05, 0.1) is 11.4 Å². The third-order valence-electron chi connectivity index (χ3n) is 3.19. The average Bonchev–Trinajstić information content (AvgIpc) is 2.78. The number of sulfonamides is 1. The topological polar surface area (TPSA) is 76.4 Å². The Morgan fingerprint density at radius 3 is 2.76 bits per heavy atom. The van der Waals surface area contributed by atoms with E-state index < -0.39 is 10.0 Å². The number of aryl methyl sites for hydroxylation is 3. The fourth-order valence-electron chi connectivity index (χ4n) is 2.29. The van der Waals surface area contributed by atoms with E-state index >= 15 is 0 Å². The van der Waals surface area contributed by atoms with Crippen molar-refractivity contribution in [1.82, 2.24) is 19.3 Å². The van der Waals surface area contributed by atoms with Crippen molar-refractivity contribution in [3.05, 3.63) is 29.2 Å². The van der Waals surface area contributed by atoms with Crippen LogP contribution >= 0.6 is 0 Å². The van der Waals surface area contributed by atoms with Crippen LogP contribution in [0.1, 0.15) is 36.8 Å². The number of nitrogens with zero attached hydrogens (tertiary/aromatic N) is 3. The first-order valence-electron chi connectivity index (χ1n) is 7.21. The zero-order chi connectivity index (χ0) is 15.5. The Labute approximate surface area is 125 Å². The van der Waals surface area contributed by atoms with Gasteiger partial charge in [-0.25, -0.2) is 22.6 Å². The van der Waals surface area contributed by atoms with E-state index in [0.29, 0.717) is 13.0 Å². The van der Waals surface area contributed by atoms with Gasteiger partial charge in [-0.1, -0.05) is 6.92 Å². The van der Waals surface area contributed by atoms with Crippen LogP contribution in [0.4, 0.5) is 0 Å². The highest BCUT2D eigenvalue weighted by atomic mass is 32.2. The number of rotatable bonds is 7. The van der Waals surface area contributed by atoms with E-state index in [9.17, 15) is 8.42 Å². The van der Waals surface area contributed by atoms with Crippen LogP contribution in [0.25, 0.3) is 5.65 Å². The SMILES string of the molecule is CCCS(=O)(=O)NCCCc1cc2nc(C)cc(C)n2n1. The molecule has 0 saturated heterocycles. The van der Waals surface area contributed by atoms with Gasteiger partial charge >= 0.3 is 0 Å². The lowest BCUT2D eigenvalue weighted by Crippen LogP contribution is -2.27. The third-order valence-corrected chi connectivity index (χ3v) is 4.78. The van der Waals surface area contributed by atoms with Crippen LogP contribution in [-0.4, -0.2) is 35.3 Å². The molecule has 0 aliphatic rings. The zero-order valence-corrected chi connectivity index (χ0v) is 13.6. The van der Waals surface area contributed by atoms with Crippen LogP contribution in [0.15, 0.2) is 12.1 Å². The van der Waals surface area contributed by atoms with E-state index in [-0.39, 0.29) is 5.75 Å². The summed E-state index contributed by atoms with van der Waals surface area (Å²) in [6.07, 6.45) is 2.09. The molecule has 6 nitrogen and oxygen atoms in total. The highest BCUT2D eigenvalue weighted by Crippen LogP contribution is 2.10. The third kappa shape index (κ3) is 4.25. The minimum atomic E-state index is -3.11. The van der Waals surface area contributed by atoms with Crippen molar-refractivity contribution in [1.29, 1.82) is 0 Å². The Morgan fingerprint density at radius 2 is 2.05 bits per heavy atom. The van der Waals surface area contributed by atoms with Crippen molar-refractivity contribution in [2.24, 2.45) is 0 Å². The maximum absolute atomic E-state index is 11.5. The molecule has 0 spiro atoms. The predicted octanol–water partition coefficient (Wildman–Crippen LogP) is 1.61. The van der Waals surface area contributed by atoms with Gasteiger partial charge in [0.2, 0.25) is 10.0 Å². The number of aromatic nitrogens is 3. The molecule has 2 rings (SSSR count). The Balaban J connectivity index is 1.94. The fourth-order valence-corrected chi connectivity index (χ4v) is 3.43. The van der Waals surface area contributed by atoms with Crippen LogP contribution in [0.2, 0.25) is 0 Å². The van der Waals surface area contributed by atoms with E-state index in [1.54, 1.807) is 0 Å². The Hall–Kier alpha value is -1.47. The van der Waals surface area contributed by atoms with Gasteiger partial charge in [-0.2, -0.15) is 5.10 Å². The van der Waals surface area contributed by atoms with Gasteiger partial charge in [-0.15, -0.1) is 0 Å². The lowest BCUT2D eigenvalue weighted by Gasteiger charge is -2.04. The van der Waals surface area contributed by atoms with Gasteiger partial charge < -0.3 is 0 Å². The molecule has 0 fully saturated rings. The summed E-state index contributed by atoms with van der Waals surface area (Å²) in [5, 5.41) is 4.50. The van der Waals surface area contributed by atoms with E-state index in [1.165, 1.54) is 0 Å². The number of fused-ring (bicyclic) bond motifs is 1. The van der Waals surface area contributed by atoms with Gasteiger partial charge in [0.1, 0.15) is 0 Å². The number of hydrogen-bond donors (Lipinski definition) is 1. The Bertz CT molecular complexity index is 722. The minimum Gasteiger partial charge on any atom is -0.234 e. The molecule has 0 atom stereocenters. The Kier molecular flexibility index (Phi) is 4.95. The van der Waals surface area contributed by atoms with Crippen LogP contribution < -0.4 is 4.72 Å². The zero-order valence-electron chi connectivity index (χ0n) is 12.8. The first-order valence-corrected chi connectivity index (χ1v) is 8.87. The normalized spacial score (nSPS) is 12.1. The van der Waals surface area contributed by atoms with E-state index in [2.05, 4.69) is 14.8 Å². The molecule has 0 unspecified atom stereocenters. The van der Waals surface area contributed by atoms with Gasteiger partial charge in [-0.3, -0.25) is 0 Å². The van der Waals surface area contributed by atoms with Crippen LogP contribution in [-0.2, 0) is 16.4 Å². The molecule has 0 radical (unpaired) electrons. The largest absolute Gasteiger partial charge is 0.234 e. The van der Waals surface area contributed by atoms with Crippen LogP contribution in [0.3, 0.4) is 0 Å². The molecule has 2 aromatic rings. The van der Waals surface area contributed by atoms with Crippen molar-refractivity contribution in [3.8, 4) is 0 Å². The molecule has 0 aliphatic heterocycles. The summed E-state index contributed by atoms with van der Waals surface area (Å²) in [6, 6.07) is 3.95. The number of hydrogen-bond acceptors (Lipinski definition) is 4. The van der Waals surface area contributed by atoms with Crippen LogP contribution in [0, 0.1) is 13.8 Å². The molecule has 21 heavy (non-hydrogen) atoms. The van der Waals surface area contributed by atoms with E-state index in [4.69, 9.17) is 0 Å². The average molecular weight is 310 g/mol. The number of nitrogens with one attached hydrogen (secondary N) is 1. The Morgan fingerprint density at radius 1 is 1.29 bits per heavy atom. The van der Waals surface area contributed by atoms with Crippen LogP contribution in [0.5, 0.6) is 0 Å². The summed E-state index contributed by atoms with van der Waals surface area (Å²) in [6.45, 7) is 6.26. The molecular weight excluding hydrogens is 288 g/mol. The predicted molar refractivity (Wildman–Crippen MR) is 82.9 cm³/mol. The summed E-state index contributed by atoms with van der Waals surface area (Å²) < 4.78 is 27.5. The molecule has 0 aliphatic carbocycles. The molecule has 0 amide bonds. The van der Waals surface area contributed by atoms with Gasteiger partial charge in [0, 0.05) is 24.0 Å². The second-order valence-electron chi connectivity index (χ2n) is 5.26. The lowest BCUT2D eigenvalue weighted by atomic mass is 10.2. The van der Waals surface area contributed by atoms with Crippen molar-refractivity contribution < 1.29 is 8.42 Å². The molecular formula is C14H22N4O2S. The fraction of sp³-hybridized carbons (Fsp3) is 0.571. The summed E-state index contributed by atoms with van der Waals surface area (Å²) in [5.74, 6) is 0.184. The second kappa shape index (κ2) is 6.53. The highest BCUT2D eigenvalue weighted by Gasteiger charge is 2.09. The summed E-state index contributed by atoms with van der Waals surface area (Å²) >= 11 is 0. The summed E-state index contributed by atoms with van der Waals surface area (Å²) in [5.41, 5.74) is 3.80. The molecule has 116 valence electrons. The van der Waals surface area contributed by atoms with Gasteiger partial charge in [-0.05, 0) is 39.2 Å².